The molecule has 1 rings (SSSR count). The highest BCUT2D eigenvalue weighted by atomic mass is 32.2. The van der Waals surface area contributed by atoms with Crippen LogP contribution in [0.3, 0.4) is 0 Å². The van der Waals surface area contributed by atoms with Crippen LogP contribution in [0, 0.1) is 5.92 Å². The summed E-state index contributed by atoms with van der Waals surface area (Å²) >= 11 is 0. The van der Waals surface area contributed by atoms with Gasteiger partial charge in [0.25, 0.3) is 10.0 Å². The summed E-state index contributed by atoms with van der Waals surface area (Å²) in [5.41, 5.74) is 0.591. The molecule has 1 aromatic heterocycles. The van der Waals surface area contributed by atoms with E-state index in [2.05, 4.69) is 4.98 Å². The molecule has 0 aliphatic rings. The summed E-state index contributed by atoms with van der Waals surface area (Å²) in [6, 6.07) is 2.88. The van der Waals surface area contributed by atoms with Crippen molar-refractivity contribution in [2.45, 2.75) is 38.4 Å². The lowest BCUT2D eigenvalue weighted by molar-refractivity contribution is 0.281. The van der Waals surface area contributed by atoms with E-state index in [1.807, 2.05) is 20.8 Å². The number of rotatable bonds is 5. The average molecular weight is 272 g/mol. The van der Waals surface area contributed by atoms with E-state index in [0.717, 1.165) is 0 Å². The van der Waals surface area contributed by atoms with Crippen molar-refractivity contribution in [1.29, 1.82) is 0 Å². The summed E-state index contributed by atoms with van der Waals surface area (Å²) in [4.78, 5) is 3.89. The number of aromatic nitrogens is 1. The number of nitrogens with zero attached hydrogens (tertiary/aromatic N) is 2. The third-order valence-electron chi connectivity index (χ3n) is 3.16. The lowest BCUT2D eigenvalue weighted by atomic mass is 10.1. The minimum Gasteiger partial charge on any atom is -0.392 e. The Morgan fingerprint density at radius 2 is 1.94 bits per heavy atom. The first-order valence-electron chi connectivity index (χ1n) is 5.84. The van der Waals surface area contributed by atoms with Crippen LogP contribution < -0.4 is 0 Å². The van der Waals surface area contributed by atoms with Gasteiger partial charge in [0.15, 0.2) is 5.03 Å². The highest BCUT2D eigenvalue weighted by molar-refractivity contribution is 7.89. The molecule has 1 unspecified atom stereocenters. The average Bonchev–Trinajstić information content (AvgIpc) is 2.36. The molecule has 102 valence electrons. The first-order chi connectivity index (χ1) is 8.30. The van der Waals surface area contributed by atoms with Crippen molar-refractivity contribution in [2.75, 3.05) is 7.05 Å². The summed E-state index contributed by atoms with van der Waals surface area (Å²) in [6.45, 7) is 5.66. The van der Waals surface area contributed by atoms with E-state index in [4.69, 9.17) is 5.11 Å². The fraction of sp³-hybridized carbons (Fsp3) is 0.583. The third-order valence-corrected chi connectivity index (χ3v) is 5.02. The molecule has 0 aliphatic heterocycles. The Balaban J connectivity index is 3.05. The smallest absolute Gasteiger partial charge is 0.260 e. The predicted molar refractivity (Wildman–Crippen MR) is 69.4 cm³/mol. The Bertz CT molecular complexity index is 483. The summed E-state index contributed by atoms with van der Waals surface area (Å²) in [5.74, 6) is 0.224. The van der Waals surface area contributed by atoms with Crippen molar-refractivity contribution < 1.29 is 13.5 Å². The van der Waals surface area contributed by atoms with Crippen LogP contribution in [0.15, 0.2) is 23.4 Å². The van der Waals surface area contributed by atoms with Crippen molar-refractivity contribution in [2.24, 2.45) is 5.92 Å². The number of hydrogen-bond donors (Lipinski definition) is 1. The fourth-order valence-corrected chi connectivity index (χ4v) is 2.85. The molecule has 0 fully saturated rings. The first kappa shape index (κ1) is 15.1. The molecule has 1 N–H and O–H groups in total. The quantitative estimate of drug-likeness (QED) is 0.875. The van der Waals surface area contributed by atoms with Gasteiger partial charge in [0, 0.05) is 19.3 Å². The largest absolute Gasteiger partial charge is 0.392 e. The van der Waals surface area contributed by atoms with Crippen LogP contribution >= 0.6 is 0 Å². The van der Waals surface area contributed by atoms with E-state index < -0.39 is 10.0 Å². The molecule has 18 heavy (non-hydrogen) atoms. The van der Waals surface area contributed by atoms with Gasteiger partial charge in [-0.3, -0.25) is 0 Å². The minimum atomic E-state index is -3.57. The fourth-order valence-electron chi connectivity index (χ4n) is 1.44. The number of pyridine rings is 1. The van der Waals surface area contributed by atoms with E-state index in [-0.39, 0.29) is 23.6 Å². The molecular formula is C12H20N2O3S. The molecule has 0 aliphatic carbocycles. The zero-order valence-corrected chi connectivity index (χ0v) is 12.0. The van der Waals surface area contributed by atoms with Crippen molar-refractivity contribution >= 4 is 10.0 Å². The maximum atomic E-state index is 12.3. The monoisotopic (exact) mass is 272 g/mol. The molecule has 0 aromatic carbocycles. The Labute approximate surface area is 109 Å². The van der Waals surface area contributed by atoms with Crippen LogP contribution in [0.4, 0.5) is 0 Å². The van der Waals surface area contributed by atoms with Crippen LogP contribution in [0.1, 0.15) is 26.3 Å². The highest BCUT2D eigenvalue weighted by Gasteiger charge is 2.27. The highest BCUT2D eigenvalue weighted by Crippen LogP contribution is 2.18. The second-order valence-corrected chi connectivity index (χ2v) is 6.61. The molecule has 0 saturated heterocycles. The predicted octanol–water partition coefficient (Wildman–Crippen LogP) is 1.24. The molecule has 5 nitrogen and oxygen atoms in total. The number of sulfonamides is 1. The van der Waals surface area contributed by atoms with Crippen LogP contribution in [0.2, 0.25) is 0 Å². The van der Waals surface area contributed by atoms with Crippen molar-refractivity contribution in [3.8, 4) is 0 Å². The van der Waals surface area contributed by atoms with E-state index >= 15 is 0 Å². The Morgan fingerprint density at radius 3 is 2.33 bits per heavy atom. The van der Waals surface area contributed by atoms with Gasteiger partial charge in [-0.1, -0.05) is 19.9 Å². The van der Waals surface area contributed by atoms with Crippen molar-refractivity contribution in [3.63, 3.8) is 0 Å². The van der Waals surface area contributed by atoms with E-state index in [1.54, 1.807) is 13.1 Å². The SMILES string of the molecule is CC(C)C(C)N(C)S(=O)(=O)c1ccc(CO)cn1. The molecule has 6 heteroatoms. The van der Waals surface area contributed by atoms with Crippen LogP contribution in [0.25, 0.3) is 0 Å². The summed E-state index contributed by atoms with van der Waals surface area (Å²) in [6.07, 6.45) is 1.38. The zero-order valence-electron chi connectivity index (χ0n) is 11.2. The van der Waals surface area contributed by atoms with E-state index in [1.165, 1.54) is 16.6 Å². The standard InChI is InChI=1S/C12H20N2O3S/c1-9(2)10(3)14(4)18(16,17)12-6-5-11(8-15)7-13-12/h5-7,9-10,15H,8H2,1-4H3. The summed E-state index contributed by atoms with van der Waals surface area (Å²) in [5, 5.41) is 8.91. The summed E-state index contributed by atoms with van der Waals surface area (Å²) in [7, 11) is -2.01. The minimum absolute atomic E-state index is 0.00898. The number of aliphatic hydroxyl groups is 1. The lowest BCUT2D eigenvalue weighted by Gasteiger charge is -2.26. The van der Waals surface area contributed by atoms with Crippen LogP contribution in [-0.4, -0.2) is 35.9 Å². The molecule has 0 saturated carbocycles. The van der Waals surface area contributed by atoms with Crippen LogP contribution in [0.5, 0.6) is 0 Å². The normalized spacial score (nSPS) is 14.2. The molecule has 0 radical (unpaired) electrons. The van der Waals surface area contributed by atoms with Gasteiger partial charge >= 0.3 is 0 Å². The van der Waals surface area contributed by atoms with Gasteiger partial charge in [0.05, 0.1) is 6.61 Å². The van der Waals surface area contributed by atoms with E-state index in [0.29, 0.717) is 5.56 Å². The Hall–Kier alpha value is -0.980. The van der Waals surface area contributed by atoms with Crippen LogP contribution in [-0.2, 0) is 16.6 Å². The van der Waals surface area contributed by atoms with Gasteiger partial charge in [-0.05, 0) is 24.5 Å². The Morgan fingerprint density at radius 1 is 1.33 bits per heavy atom. The summed E-state index contributed by atoms with van der Waals surface area (Å²) < 4.78 is 25.9. The maximum Gasteiger partial charge on any atom is 0.260 e. The Kier molecular flexibility index (Phi) is 4.84. The van der Waals surface area contributed by atoms with Gasteiger partial charge in [0.2, 0.25) is 0 Å². The van der Waals surface area contributed by atoms with Gasteiger partial charge in [-0.25, -0.2) is 13.4 Å². The molecule has 0 spiro atoms. The second-order valence-electron chi connectivity index (χ2n) is 4.67. The zero-order chi connectivity index (χ0) is 13.9. The molecule has 0 amide bonds. The molecule has 1 aromatic rings. The van der Waals surface area contributed by atoms with Gasteiger partial charge in [-0.2, -0.15) is 4.31 Å². The number of hydrogen-bond acceptors (Lipinski definition) is 4. The molecule has 1 heterocycles. The second kappa shape index (κ2) is 5.77. The molecule has 0 bridgehead atoms. The maximum absolute atomic E-state index is 12.3. The topological polar surface area (TPSA) is 70.5 Å². The number of aliphatic hydroxyl groups excluding tert-OH is 1. The first-order valence-corrected chi connectivity index (χ1v) is 7.28. The molecule has 1 atom stereocenters. The van der Waals surface area contributed by atoms with Gasteiger partial charge in [-0.15, -0.1) is 0 Å². The molecular weight excluding hydrogens is 252 g/mol. The van der Waals surface area contributed by atoms with Crippen molar-refractivity contribution in [1.82, 2.24) is 9.29 Å². The lowest BCUT2D eigenvalue weighted by Crippen LogP contribution is -2.38. The van der Waals surface area contributed by atoms with E-state index in [9.17, 15) is 8.42 Å². The third kappa shape index (κ3) is 3.07. The van der Waals surface area contributed by atoms with Crippen molar-refractivity contribution in [3.05, 3.63) is 23.9 Å². The van der Waals surface area contributed by atoms with Gasteiger partial charge < -0.3 is 5.11 Å². The van der Waals surface area contributed by atoms with Gasteiger partial charge in [0.1, 0.15) is 0 Å².